The monoisotopic (exact) mass is 1210 g/mol. The van der Waals surface area contributed by atoms with Gasteiger partial charge in [-0.1, -0.05) is 27.7 Å². The van der Waals surface area contributed by atoms with E-state index in [-0.39, 0.29) is 53.8 Å². The summed E-state index contributed by atoms with van der Waals surface area (Å²) in [5, 5.41) is 165. The van der Waals surface area contributed by atoms with Crippen LogP contribution in [-0.4, -0.2) is 287 Å². The number of aliphatic hydroxyl groups excluding tert-OH is 15. The molecule has 0 amide bonds. The quantitative estimate of drug-likeness (QED) is 0.0766. The summed E-state index contributed by atoms with van der Waals surface area (Å²) >= 11 is 0. The molecular formula is C56H90O28. The maximum absolute atomic E-state index is 14.8. The number of fused-ring (bicyclic) bond motifs is 7. The number of ether oxygens (including phenoxy) is 12. The van der Waals surface area contributed by atoms with Gasteiger partial charge in [0.05, 0.1) is 57.5 Å². The van der Waals surface area contributed by atoms with Gasteiger partial charge in [0.1, 0.15) is 116 Å². The summed E-state index contributed by atoms with van der Waals surface area (Å²) in [6.07, 6.45) is -40.0. The van der Waals surface area contributed by atoms with Gasteiger partial charge in [-0.15, -0.1) is 0 Å². The Morgan fingerprint density at radius 3 is 1.80 bits per heavy atom. The van der Waals surface area contributed by atoms with Crippen molar-refractivity contribution in [3.8, 4) is 0 Å². The first-order chi connectivity index (χ1) is 39.8. The van der Waals surface area contributed by atoms with Crippen LogP contribution in [0.1, 0.15) is 86.0 Å². The molecule has 0 radical (unpaired) electrons. The summed E-state index contributed by atoms with van der Waals surface area (Å²) in [4.78, 5) is 14.8. The molecule has 1 spiro atoms. The van der Waals surface area contributed by atoms with Crippen LogP contribution in [0.15, 0.2) is 0 Å². The number of hydrogen-bond donors (Lipinski definition) is 15. The SMILES string of the molecule is C[C@@H]1CC[C@@]2(OC1)O[C@H]1C[C@H]3[C@@H]4CC[C@H]5C[C@@H](O[C@@H]6O[C@H](CO)[C@H](O[C@@H]7O[C@H](CO)[C@@H](O)[C@H](O[C@@H]8OC[C@@H](O[C@@H]9O[C@@H](C)[C@H](O)[C@@H](O)[C@H]9O)[C@H](O)[C@H]8O)[C@H]7O[C@@H]7O[C@H](CO)[C@@H](O)[C@H](O)[C@H]7O)[C@H](O)[C@H]6O)[C@H](O)C[C@]5(C)[C@H]4CC(=O)[C@]3(C)[C@H]1[C@@H]2C. The lowest BCUT2D eigenvalue weighted by molar-refractivity contribution is -0.406. The Hall–Kier alpha value is -1.41. The van der Waals surface area contributed by atoms with Gasteiger partial charge in [-0.25, -0.2) is 0 Å². The van der Waals surface area contributed by atoms with Crippen LogP contribution in [0.4, 0.5) is 0 Å². The van der Waals surface area contributed by atoms with Gasteiger partial charge < -0.3 is 133 Å². The van der Waals surface area contributed by atoms with Crippen molar-refractivity contribution in [3.05, 3.63) is 0 Å². The van der Waals surface area contributed by atoms with Crippen molar-refractivity contribution in [2.75, 3.05) is 33.0 Å². The highest BCUT2D eigenvalue weighted by atomic mass is 16.8. The Morgan fingerprint density at radius 1 is 0.536 bits per heavy atom. The third-order valence-electron chi connectivity index (χ3n) is 22.0. The number of Topliss-reactive ketones (excluding diaryl/α,β-unsaturated/α-hetero) is 1. The molecule has 7 heterocycles. The zero-order chi connectivity index (χ0) is 60.4. The zero-order valence-corrected chi connectivity index (χ0v) is 47.8. The maximum atomic E-state index is 14.8. The molecule has 37 atom stereocenters. The van der Waals surface area contributed by atoms with Crippen LogP contribution in [0.2, 0.25) is 0 Å². The average molecular weight is 1210 g/mol. The van der Waals surface area contributed by atoms with Crippen LogP contribution in [-0.2, 0) is 61.6 Å². The number of rotatable bonds is 13. The average Bonchev–Trinajstić information content (AvgIpc) is 1.52. The molecule has 28 heteroatoms. The maximum Gasteiger partial charge on any atom is 0.187 e. The number of carbonyl (C=O) groups excluding carboxylic acids is 1. The fourth-order valence-corrected chi connectivity index (χ4v) is 17.0. The molecule has 15 N–H and O–H groups in total. The summed E-state index contributed by atoms with van der Waals surface area (Å²) in [7, 11) is 0. The highest BCUT2D eigenvalue weighted by Gasteiger charge is 2.72. The van der Waals surface area contributed by atoms with Gasteiger partial charge in [-0.3, -0.25) is 4.79 Å². The Balaban J connectivity index is 0.776. The van der Waals surface area contributed by atoms with Crippen molar-refractivity contribution in [2.45, 2.75) is 258 Å². The van der Waals surface area contributed by atoms with E-state index in [2.05, 4.69) is 27.7 Å². The minimum Gasteiger partial charge on any atom is -0.394 e. The van der Waals surface area contributed by atoms with Crippen molar-refractivity contribution >= 4 is 5.78 Å². The standard InChI is InChI=1S/C56H90O28/c1-19-8-9-56(74-17-19)20(2)34-28(84-56)11-25-23-7-6-22-10-27(26(60)13-54(22,4)24(23)12-33(61)55(25,34)5)76-51-45(72)41(68)46(31(16-59)79-51)81-53-48(83-52-44(71)40(67)36(63)29(14-57)77-52)47(38(65)30(15-58)78-53)82-49-42(69)37(64)32(18-73-49)80-50-43(70)39(66)35(62)21(3)75-50/h19-32,34-53,57-60,62-72H,6-18H2,1-5H3/t19-,20+,21+,22+,23-,24+,25+,26-,27-,28+,29-,30-,31-,32-,34+,35+,36-,37+,38-,39-,40+,41-,42-,43-,44-,45-,46+,47+,48-,49+,50+,51-,52+,53+,54+,55-,56-/m1/s1. The molecule has 0 bridgehead atoms. The van der Waals surface area contributed by atoms with E-state index < -0.39 is 203 Å². The molecule has 4 saturated carbocycles. The van der Waals surface area contributed by atoms with E-state index >= 15 is 0 Å². The van der Waals surface area contributed by atoms with E-state index in [9.17, 15) is 81.4 Å². The van der Waals surface area contributed by atoms with Crippen molar-refractivity contribution < 1.29 is 138 Å². The number of carbonyl (C=O) groups is 1. The molecule has 0 aromatic carbocycles. The molecule has 11 fully saturated rings. The predicted octanol–water partition coefficient (Wildman–Crippen LogP) is -5.27. The summed E-state index contributed by atoms with van der Waals surface area (Å²) in [6.45, 7) is 7.33. The Morgan fingerprint density at radius 2 is 1.12 bits per heavy atom. The van der Waals surface area contributed by atoms with Crippen molar-refractivity contribution in [1.82, 2.24) is 0 Å². The first kappa shape index (κ1) is 64.1. The Labute approximate surface area is 485 Å². The van der Waals surface area contributed by atoms with E-state index in [0.29, 0.717) is 25.4 Å². The van der Waals surface area contributed by atoms with Crippen LogP contribution in [0.5, 0.6) is 0 Å². The Kier molecular flexibility index (Phi) is 18.8. The summed E-state index contributed by atoms with van der Waals surface area (Å²) in [6, 6.07) is 0. The van der Waals surface area contributed by atoms with Crippen molar-refractivity contribution in [1.29, 1.82) is 0 Å². The third kappa shape index (κ3) is 10.9. The molecule has 4 aliphatic carbocycles. The van der Waals surface area contributed by atoms with E-state index in [0.717, 1.165) is 32.1 Å². The molecule has 482 valence electrons. The van der Waals surface area contributed by atoms with Crippen molar-refractivity contribution in [2.24, 2.45) is 52.3 Å². The largest absolute Gasteiger partial charge is 0.394 e. The number of hydrogen-bond acceptors (Lipinski definition) is 28. The van der Waals surface area contributed by atoms with Crippen LogP contribution in [0, 0.1) is 52.3 Å². The number of aliphatic hydroxyl groups is 15. The topological polar surface area (TPSA) is 431 Å². The van der Waals surface area contributed by atoms with Gasteiger partial charge in [0.15, 0.2) is 37.2 Å². The van der Waals surface area contributed by atoms with Gasteiger partial charge in [0, 0.05) is 30.1 Å². The number of ketones is 1. The van der Waals surface area contributed by atoms with Gasteiger partial charge in [0.2, 0.25) is 0 Å². The summed E-state index contributed by atoms with van der Waals surface area (Å²) in [5.74, 6) is 0.417. The fourth-order valence-electron chi connectivity index (χ4n) is 17.0. The van der Waals surface area contributed by atoms with Gasteiger partial charge in [-0.05, 0) is 80.5 Å². The van der Waals surface area contributed by atoms with Gasteiger partial charge >= 0.3 is 0 Å². The zero-order valence-electron chi connectivity index (χ0n) is 47.8. The first-order valence-electron chi connectivity index (χ1n) is 30.2. The van der Waals surface area contributed by atoms with Crippen molar-refractivity contribution in [3.63, 3.8) is 0 Å². The molecule has 84 heavy (non-hydrogen) atoms. The molecule has 11 rings (SSSR count). The molecule has 7 saturated heterocycles. The minimum atomic E-state index is -2.09. The molecule has 11 aliphatic rings. The van der Waals surface area contributed by atoms with Crippen LogP contribution in [0.3, 0.4) is 0 Å². The highest BCUT2D eigenvalue weighted by molar-refractivity contribution is 5.87. The molecule has 7 aliphatic heterocycles. The second-order valence-corrected chi connectivity index (χ2v) is 26.7. The smallest absolute Gasteiger partial charge is 0.187 e. The molecule has 28 nitrogen and oxygen atoms in total. The van der Waals surface area contributed by atoms with E-state index in [4.69, 9.17) is 56.8 Å². The lowest BCUT2D eigenvalue weighted by Crippen LogP contribution is -2.68. The molecule has 0 aromatic heterocycles. The van der Waals surface area contributed by atoms with E-state index in [1.54, 1.807) is 0 Å². The lowest BCUT2D eigenvalue weighted by atomic mass is 9.43. The van der Waals surface area contributed by atoms with Crippen LogP contribution < -0.4 is 0 Å². The fraction of sp³-hybridized carbons (Fsp3) is 0.982. The minimum absolute atomic E-state index is 0.0104. The van der Waals surface area contributed by atoms with E-state index in [1.807, 2.05) is 0 Å². The second kappa shape index (κ2) is 24.7. The van der Waals surface area contributed by atoms with Crippen LogP contribution in [0.25, 0.3) is 0 Å². The third-order valence-corrected chi connectivity index (χ3v) is 22.0. The normalized spacial score (nSPS) is 57.7. The van der Waals surface area contributed by atoms with Gasteiger partial charge in [0.25, 0.3) is 0 Å². The molecule has 0 aromatic rings. The Bertz CT molecular complexity index is 2250. The molecular weight excluding hydrogens is 1120 g/mol. The summed E-state index contributed by atoms with van der Waals surface area (Å²) < 4.78 is 72.7. The lowest BCUT2D eigenvalue weighted by Gasteiger charge is -2.61. The highest BCUT2D eigenvalue weighted by Crippen LogP contribution is 2.70. The first-order valence-corrected chi connectivity index (χ1v) is 30.2. The van der Waals surface area contributed by atoms with E-state index in [1.165, 1.54) is 6.92 Å². The summed E-state index contributed by atoms with van der Waals surface area (Å²) in [5.41, 5.74) is -1.03. The van der Waals surface area contributed by atoms with Gasteiger partial charge in [-0.2, -0.15) is 0 Å². The van der Waals surface area contributed by atoms with Crippen LogP contribution >= 0.6 is 0 Å². The predicted molar refractivity (Wildman–Crippen MR) is 275 cm³/mol. The molecule has 0 unspecified atom stereocenters. The second-order valence-electron chi connectivity index (χ2n) is 26.7.